The van der Waals surface area contributed by atoms with Gasteiger partial charge in [0.2, 0.25) is 0 Å². The smallest absolute Gasteiger partial charge is 0.159 e. The molecule has 0 fully saturated rings. The van der Waals surface area contributed by atoms with Crippen LogP contribution in [0.25, 0.3) is 0 Å². The van der Waals surface area contributed by atoms with Crippen LogP contribution >= 0.6 is 12.2 Å². The molecule has 1 aromatic carbocycles. The molecule has 4 heteroatoms. The second-order valence-electron chi connectivity index (χ2n) is 3.82. The van der Waals surface area contributed by atoms with E-state index in [0.29, 0.717) is 17.1 Å². The third-order valence-electron chi connectivity index (χ3n) is 2.39. The van der Waals surface area contributed by atoms with E-state index in [9.17, 15) is 4.79 Å². The lowest BCUT2D eigenvalue weighted by Gasteiger charge is -2.12. The Kier molecular flexibility index (Phi) is 4.43. The Morgan fingerprint density at radius 3 is 2.44 bits per heavy atom. The van der Waals surface area contributed by atoms with Crippen LogP contribution < -0.4 is 11.1 Å². The Labute approximate surface area is 101 Å². The molecule has 3 N–H and O–H groups in total. The number of benzene rings is 1. The van der Waals surface area contributed by atoms with Gasteiger partial charge in [-0.05, 0) is 31.2 Å². The van der Waals surface area contributed by atoms with Gasteiger partial charge in [0.25, 0.3) is 0 Å². The standard InChI is InChI=1S/C12H16N2OS/c1-8(12(13)16)7-14-11-5-3-10(4-6-11)9(2)15/h3-6,8,14H,7H2,1-2H3,(H2,13,16). The van der Waals surface area contributed by atoms with E-state index in [1.807, 2.05) is 19.1 Å². The Morgan fingerprint density at radius 1 is 1.44 bits per heavy atom. The van der Waals surface area contributed by atoms with Crippen molar-refractivity contribution in [1.82, 2.24) is 0 Å². The fourth-order valence-electron chi connectivity index (χ4n) is 1.19. The Morgan fingerprint density at radius 2 is 2.00 bits per heavy atom. The van der Waals surface area contributed by atoms with Gasteiger partial charge in [-0.3, -0.25) is 4.79 Å². The molecule has 0 aromatic heterocycles. The molecule has 0 aliphatic carbocycles. The average Bonchev–Trinajstić information content (AvgIpc) is 2.26. The van der Waals surface area contributed by atoms with Gasteiger partial charge in [-0.2, -0.15) is 0 Å². The van der Waals surface area contributed by atoms with Crippen molar-refractivity contribution in [1.29, 1.82) is 0 Å². The molecule has 0 bridgehead atoms. The molecule has 1 unspecified atom stereocenters. The summed E-state index contributed by atoms with van der Waals surface area (Å²) in [6.07, 6.45) is 0. The maximum Gasteiger partial charge on any atom is 0.159 e. The molecule has 0 amide bonds. The van der Waals surface area contributed by atoms with E-state index in [1.54, 1.807) is 19.1 Å². The molecule has 3 nitrogen and oxygen atoms in total. The van der Waals surface area contributed by atoms with E-state index >= 15 is 0 Å². The predicted molar refractivity (Wildman–Crippen MR) is 70.9 cm³/mol. The minimum Gasteiger partial charge on any atom is -0.393 e. The number of anilines is 1. The number of nitrogens with one attached hydrogen (secondary N) is 1. The van der Waals surface area contributed by atoms with Crippen LogP contribution in [0.3, 0.4) is 0 Å². The summed E-state index contributed by atoms with van der Waals surface area (Å²) < 4.78 is 0. The molecule has 0 radical (unpaired) electrons. The number of carbonyl (C=O) groups excluding carboxylic acids is 1. The third kappa shape index (κ3) is 3.62. The molecule has 1 aromatic rings. The molecule has 0 aliphatic rings. The van der Waals surface area contributed by atoms with E-state index < -0.39 is 0 Å². The minimum atomic E-state index is 0.0723. The predicted octanol–water partition coefficient (Wildman–Crippen LogP) is 2.22. The monoisotopic (exact) mass is 236 g/mol. The van der Waals surface area contributed by atoms with Gasteiger partial charge >= 0.3 is 0 Å². The quantitative estimate of drug-likeness (QED) is 0.608. The number of nitrogens with two attached hydrogens (primary N) is 1. The highest BCUT2D eigenvalue weighted by Crippen LogP contribution is 2.10. The second-order valence-corrected chi connectivity index (χ2v) is 4.29. The first-order chi connectivity index (χ1) is 7.50. The molecule has 0 spiro atoms. The number of ketones is 1. The van der Waals surface area contributed by atoms with Gasteiger partial charge in [0, 0.05) is 23.7 Å². The molecule has 0 heterocycles. The topological polar surface area (TPSA) is 55.1 Å². The Balaban J connectivity index is 2.56. The van der Waals surface area contributed by atoms with Crippen molar-refractivity contribution < 1.29 is 4.79 Å². The normalized spacial score (nSPS) is 11.9. The van der Waals surface area contributed by atoms with E-state index in [0.717, 1.165) is 5.69 Å². The van der Waals surface area contributed by atoms with E-state index in [2.05, 4.69) is 5.32 Å². The molecule has 0 saturated heterocycles. The number of Topliss-reactive ketones (excluding diaryl/α,β-unsaturated/α-hetero) is 1. The summed E-state index contributed by atoms with van der Waals surface area (Å²) in [6.45, 7) is 4.23. The maximum absolute atomic E-state index is 11.1. The first kappa shape index (κ1) is 12.6. The highest BCUT2D eigenvalue weighted by molar-refractivity contribution is 7.80. The van der Waals surface area contributed by atoms with Gasteiger partial charge in [-0.1, -0.05) is 19.1 Å². The largest absolute Gasteiger partial charge is 0.393 e. The number of hydrogen-bond acceptors (Lipinski definition) is 3. The fraction of sp³-hybridized carbons (Fsp3) is 0.333. The summed E-state index contributed by atoms with van der Waals surface area (Å²) in [7, 11) is 0. The van der Waals surface area contributed by atoms with E-state index in [4.69, 9.17) is 18.0 Å². The van der Waals surface area contributed by atoms with Crippen molar-refractivity contribution in [2.45, 2.75) is 13.8 Å². The molecular weight excluding hydrogens is 220 g/mol. The van der Waals surface area contributed by atoms with Gasteiger partial charge < -0.3 is 11.1 Å². The SMILES string of the molecule is CC(=O)c1ccc(NCC(C)C(N)=S)cc1. The van der Waals surface area contributed by atoms with Crippen LogP contribution in [0.5, 0.6) is 0 Å². The van der Waals surface area contributed by atoms with Crippen LogP contribution in [0.15, 0.2) is 24.3 Å². The molecule has 0 saturated carbocycles. The van der Waals surface area contributed by atoms with Gasteiger partial charge in [-0.15, -0.1) is 0 Å². The minimum absolute atomic E-state index is 0.0723. The van der Waals surface area contributed by atoms with Crippen molar-refractivity contribution >= 4 is 28.7 Å². The van der Waals surface area contributed by atoms with Crippen LogP contribution in [0, 0.1) is 5.92 Å². The van der Waals surface area contributed by atoms with E-state index in [-0.39, 0.29) is 11.7 Å². The zero-order valence-corrected chi connectivity index (χ0v) is 10.3. The molecule has 1 atom stereocenters. The van der Waals surface area contributed by atoms with Gasteiger partial charge in [0.1, 0.15) is 0 Å². The lowest BCUT2D eigenvalue weighted by molar-refractivity contribution is 0.101. The molecule has 1 rings (SSSR count). The number of thiocarbonyl (C=S) groups is 1. The highest BCUT2D eigenvalue weighted by Gasteiger charge is 2.04. The zero-order valence-electron chi connectivity index (χ0n) is 9.49. The van der Waals surface area contributed by atoms with Crippen LogP contribution in [-0.4, -0.2) is 17.3 Å². The van der Waals surface area contributed by atoms with Crippen molar-refractivity contribution in [2.75, 3.05) is 11.9 Å². The summed E-state index contributed by atoms with van der Waals surface area (Å²) in [5, 5.41) is 3.21. The lowest BCUT2D eigenvalue weighted by Crippen LogP contribution is -2.25. The van der Waals surface area contributed by atoms with Gasteiger partial charge in [-0.25, -0.2) is 0 Å². The van der Waals surface area contributed by atoms with Crippen molar-refractivity contribution in [3.8, 4) is 0 Å². The van der Waals surface area contributed by atoms with Crippen LogP contribution in [0.1, 0.15) is 24.2 Å². The highest BCUT2D eigenvalue weighted by atomic mass is 32.1. The van der Waals surface area contributed by atoms with Crippen LogP contribution in [-0.2, 0) is 0 Å². The summed E-state index contributed by atoms with van der Waals surface area (Å²) >= 11 is 4.88. The second kappa shape index (κ2) is 5.61. The number of carbonyl (C=O) groups is 1. The number of hydrogen-bond donors (Lipinski definition) is 2. The Bertz CT molecular complexity index is 387. The summed E-state index contributed by atoms with van der Waals surface area (Å²) in [4.78, 5) is 11.6. The van der Waals surface area contributed by atoms with Gasteiger partial charge in [0.15, 0.2) is 5.78 Å². The molecular formula is C12H16N2OS. The summed E-state index contributed by atoms with van der Waals surface area (Å²) in [5.41, 5.74) is 7.19. The van der Waals surface area contributed by atoms with E-state index in [1.165, 1.54) is 0 Å². The van der Waals surface area contributed by atoms with Gasteiger partial charge in [0.05, 0.1) is 4.99 Å². The molecule has 0 aliphatic heterocycles. The maximum atomic E-state index is 11.1. The summed E-state index contributed by atoms with van der Waals surface area (Å²) in [5.74, 6) is 0.227. The third-order valence-corrected chi connectivity index (χ3v) is 2.79. The lowest BCUT2D eigenvalue weighted by atomic mass is 10.1. The van der Waals surface area contributed by atoms with Crippen molar-refractivity contribution in [3.63, 3.8) is 0 Å². The van der Waals surface area contributed by atoms with Crippen molar-refractivity contribution in [3.05, 3.63) is 29.8 Å². The zero-order chi connectivity index (χ0) is 12.1. The summed E-state index contributed by atoms with van der Waals surface area (Å²) in [6, 6.07) is 7.36. The number of rotatable bonds is 5. The molecule has 86 valence electrons. The van der Waals surface area contributed by atoms with Crippen LogP contribution in [0.4, 0.5) is 5.69 Å². The first-order valence-electron chi connectivity index (χ1n) is 5.15. The molecule has 16 heavy (non-hydrogen) atoms. The first-order valence-corrected chi connectivity index (χ1v) is 5.55. The fourth-order valence-corrected chi connectivity index (χ4v) is 1.28. The van der Waals surface area contributed by atoms with Crippen LogP contribution in [0.2, 0.25) is 0 Å². The average molecular weight is 236 g/mol. The van der Waals surface area contributed by atoms with Crippen molar-refractivity contribution in [2.24, 2.45) is 11.7 Å². The Hall–Kier alpha value is -1.42.